The molecular weight excluding hydrogens is 374 g/mol. The highest BCUT2D eigenvalue weighted by Gasteiger charge is 2.36. The van der Waals surface area contributed by atoms with Gasteiger partial charge in [0.2, 0.25) is 0 Å². The minimum absolute atomic E-state index is 0.0235. The number of amides is 2. The Labute approximate surface area is 170 Å². The minimum Gasteiger partial charge on any atom is -0.504 e. The molecule has 7 nitrogen and oxygen atoms in total. The molecule has 154 valence electrons. The summed E-state index contributed by atoms with van der Waals surface area (Å²) in [6, 6.07) is 14.0. The van der Waals surface area contributed by atoms with Crippen LogP contribution < -0.4 is 0 Å². The van der Waals surface area contributed by atoms with E-state index in [9.17, 15) is 9.59 Å². The Morgan fingerprint density at radius 2 is 1.52 bits per heavy atom. The van der Waals surface area contributed by atoms with Gasteiger partial charge in [-0.25, -0.2) is 9.78 Å². The van der Waals surface area contributed by atoms with E-state index in [1.807, 2.05) is 38.1 Å². The van der Waals surface area contributed by atoms with E-state index < -0.39 is 11.8 Å². The lowest BCUT2D eigenvalue weighted by molar-refractivity contribution is -0.261. The zero-order valence-electron chi connectivity index (χ0n) is 17.0. The first kappa shape index (κ1) is 22.3. The van der Waals surface area contributed by atoms with E-state index in [0.29, 0.717) is 11.1 Å². The topological polar surface area (TPSA) is 74.3 Å². The molecule has 3 rings (SSSR count). The van der Waals surface area contributed by atoms with Crippen molar-refractivity contribution in [2.24, 2.45) is 0 Å². The van der Waals surface area contributed by atoms with Gasteiger partial charge in [0.15, 0.2) is 0 Å². The molecule has 0 fully saturated rings. The fourth-order valence-corrected chi connectivity index (χ4v) is 2.82. The van der Waals surface area contributed by atoms with Crippen molar-refractivity contribution in [1.82, 2.24) is 5.06 Å². The molecule has 1 aliphatic rings. The molecule has 0 aromatic heterocycles. The number of hydrogen-bond donors (Lipinski definition) is 0. The molecule has 0 N–H and O–H groups in total. The van der Waals surface area contributed by atoms with Crippen molar-refractivity contribution in [3.63, 3.8) is 0 Å². The summed E-state index contributed by atoms with van der Waals surface area (Å²) in [4.78, 5) is 40.0. The van der Waals surface area contributed by atoms with Crippen molar-refractivity contribution in [2.45, 2.75) is 20.5 Å². The highest BCUT2D eigenvalue weighted by Crippen LogP contribution is 2.25. The Bertz CT molecular complexity index is 842. The van der Waals surface area contributed by atoms with Crippen molar-refractivity contribution in [2.75, 3.05) is 20.8 Å². The standard InChI is InChI=1S/C20H19NO6.C2H6/c1-24-11-15(13-27-25-2)16-8-4-3-7-14(16)12-26-21-19(22)17-9-5-6-10-18(17)20(21)23;1-2/h3-11H,12-13H2,1-2H3;1-2H3/b15-11-;. The van der Waals surface area contributed by atoms with E-state index in [1.54, 1.807) is 30.5 Å². The zero-order valence-corrected chi connectivity index (χ0v) is 17.0. The van der Waals surface area contributed by atoms with E-state index in [4.69, 9.17) is 14.5 Å². The minimum atomic E-state index is -0.469. The summed E-state index contributed by atoms with van der Waals surface area (Å²) in [5.74, 6) is -0.938. The number of hydroxylamine groups is 2. The summed E-state index contributed by atoms with van der Waals surface area (Å²) in [6.07, 6.45) is 1.54. The predicted molar refractivity (Wildman–Crippen MR) is 107 cm³/mol. The average molecular weight is 399 g/mol. The van der Waals surface area contributed by atoms with Crippen molar-refractivity contribution >= 4 is 17.4 Å². The van der Waals surface area contributed by atoms with Gasteiger partial charge in [-0.3, -0.25) is 14.4 Å². The van der Waals surface area contributed by atoms with Crippen LogP contribution in [0.4, 0.5) is 0 Å². The smallest absolute Gasteiger partial charge is 0.285 e. The molecule has 7 heteroatoms. The zero-order chi connectivity index (χ0) is 21.2. The maximum absolute atomic E-state index is 12.4. The Kier molecular flexibility index (Phi) is 8.54. The molecular formula is C22H25NO6. The van der Waals surface area contributed by atoms with Gasteiger partial charge in [-0.1, -0.05) is 50.2 Å². The van der Waals surface area contributed by atoms with Gasteiger partial charge in [0.1, 0.15) is 13.2 Å². The Morgan fingerprint density at radius 1 is 0.931 bits per heavy atom. The van der Waals surface area contributed by atoms with E-state index in [2.05, 4.69) is 4.89 Å². The summed E-state index contributed by atoms with van der Waals surface area (Å²) in [7, 11) is 2.95. The number of carbonyl (C=O) groups is 2. The third-order valence-electron chi connectivity index (χ3n) is 4.06. The second kappa shape index (κ2) is 11.1. The van der Waals surface area contributed by atoms with Gasteiger partial charge >= 0.3 is 0 Å². The lowest BCUT2D eigenvalue weighted by Crippen LogP contribution is -2.29. The fourth-order valence-electron chi connectivity index (χ4n) is 2.82. The van der Waals surface area contributed by atoms with Gasteiger partial charge in [0, 0.05) is 5.57 Å². The molecule has 29 heavy (non-hydrogen) atoms. The number of fused-ring (bicyclic) bond motifs is 1. The largest absolute Gasteiger partial charge is 0.504 e. The Balaban J connectivity index is 0.00000145. The molecule has 0 aliphatic carbocycles. The SMILES string of the molecule is CC.CO/C=C(/COOC)c1ccccc1CON1C(=O)c2ccccc2C1=O. The number of methoxy groups -OCH3 is 1. The highest BCUT2D eigenvalue weighted by molar-refractivity contribution is 6.20. The summed E-state index contributed by atoms with van der Waals surface area (Å²) in [6.45, 7) is 4.18. The average Bonchev–Trinajstić information content (AvgIpc) is 3.01. The molecule has 2 aromatic carbocycles. The fraction of sp³-hybridized carbons (Fsp3) is 0.273. The first-order chi connectivity index (χ1) is 14.2. The molecule has 1 heterocycles. The first-order valence-corrected chi connectivity index (χ1v) is 9.23. The normalized spacial score (nSPS) is 13.1. The van der Waals surface area contributed by atoms with Crippen LogP contribution in [0.3, 0.4) is 0 Å². The summed E-state index contributed by atoms with van der Waals surface area (Å²) in [5.41, 5.74) is 2.96. The van der Waals surface area contributed by atoms with Gasteiger partial charge in [-0.2, -0.15) is 0 Å². The van der Waals surface area contributed by atoms with Gasteiger partial charge in [-0.05, 0) is 23.3 Å². The lowest BCUT2D eigenvalue weighted by Gasteiger charge is -2.16. The lowest BCUT2D eigenvalue weighted by atomic mass is 10.0. The number of nitrogens with zero attached hydrogens (tertiary/aromatic N) is 1. The molecule has 2 aromatic rings. The summed E-state index contributed by atoms with van der Waals surface area (Å²) >= 11 is 0. The summed E-state index contributed by atoms with van der Waals surface area (Å²) in [5, 5.41) is 0.798. The monoisotopic (exact) mass is 399 g/mol. The van der Waals surface area contributed by atoms with Crippen LogP contribution in [-0.2, 0) is 26.0 Å². The van der Waals surface area contributed by atoms with Crippen molar-refractivity contribution in [1.29, 1.82) is 0 Å². The molecule has 2 amide bonds. The first-order valence-electron chi connectivity index (χ1n) is 9.23. The van der Waals surface area contributed by atoms with Crippen molar-refractivity contribution in [3.8, 4) is 0 Å². The molecule has 0 radical (unpaired) electrons. The maximum atomic E-state index is 12.4. The van der Waals surface area contributed by atoms with Crippen LogP contribution in [0, 0.1) is 0 Å². The van der Waals surface area contributed by atoms with E-state index in [-0.39, 0.29) is 13.2 Å². The van der Waals surface area contributed by atoms with E-state index in [1.165, 1.54) is 14.2 Å². The highest BCUT2D eigenvalue weighted by atomic mass is 17.2. The summed E-state index contributed by atoms with van der Waals surface area (Å²) < 4.78 is 5.11. The van der Waals surface area contributed by atoms with Crippen molar-refractivity contribution in [3.05, 3.63) is 77.0 Å². The predicted octanol–water partition coefficient (Wildman–Crippen LogP) is 4.01. The number of hydrogen-bond acceptors (Lipinski definition) is 6. The third-order valence-corrected chi connectivity index (χ3v) is 4.06. The van der Waals surface area contributed by atoms with Crippen LogP contribution in [0.5, 0.6) is 0 Å². The number of rotatable bonds is 8. The van der Waals surface area contributed by atoms with Crippen LogP contribution in [0.1, 0.15) is 45.7 Å². The number of imide groups is 1. The van der Waals surface area contributed by atoms with Gasteiger partial charge in [-0.15, -0.1) is 5.06 Å². The van der Waals surface area contributed by atoms with Gasteiger partial charge in [0.25, 0.3) is 11.8 Å². The van der Waals surface area contributed by atoms with Crippen LogP contribution in [0.15, 0.2) is 54.8 Å². The van der Waals surface area contributed by atoms with Crippen LogP contribution >= 0.6 is 0 Å². The number of benzene rings is 2. The molecule has 0 saturated heterocycles. The molecule has 0 spiro atoms. The van der Waals surface area contributed by atoms with Crippen molar-refractivity contribution < 1.29 is 28.9 Å². The number of ether oxygens (including phenoxy) is 1. The molecule has 0 atom stereocenters. The molecule has 1 aliphatic heterocycles. The Morgan fingerprint density at radius 3 is 2.10 bits per heavy atom. The quantitative estimate of drug-likeness (QED) is 0.289. The van der Waals surface area contributed by atoms with Gasteiger partial charge < -0.3 is 4.74 Å². The molecule has 0 bridgehead atoms. The second-order valence-corrected chi connectivity index (χ2v) is 5.69. The van der Waals surface area contributed by atoms with Crippen LogP contribution in [0.25, 0.3) is 5.57 Å². The van der Waals surface area contributed by atoms with E-state index in [0.717, 1.165) is 21.8 Å². The van der Waals surface area contributed by atoms with Crippen LogP contribution in [0.2, 0.25) is 0 Å². The third kappa shape index (κ3) is 5.08. The molecule has 0 unspecified atom stereocenters. The second-order valence-electron chi connectivity index (χ2n) is 5.69. The number of carbonyl (C=O) groups excluding carboxylic acids is 2. The van der Waals surface area contributed by atoms with Gasteiger partial charge in [0.05, 0.1) is 31.6 Å². The maximum Gasteiger partial charge on any atom is 0.285 e. The molecule has 0 saturated carbocycles. The van der Waals surface area contributed by atoms with E-state index >= 15 is 0 Å². The van der Waals surface area contributed by atoms with Crippen LogP contribution in [-0.4, -0.2) is 37.7 Å². The Hall–Kier alpha value is -3.00.